The van der Waals surface area contributed by atoms with Gasteiger partial charge in [-0.25, -0.2) is 4.79 Å². The van der Waals surface area contributed by atoms with Crippen LogP contribution in [0.25, 0.3) is 0 Å². The van der Waals surface area contributed by atoms with Gasteiger partial charge in [0.25, 0.3) is 0 Å². The molecule has 5 fully saturated rings. The maximum Gasteiger partial charge on any atom is 0.333 e. The van der Waals surface area contributed by atoms with Crippen LogP contribution in [0.15, 0.2) is 12.2 Å². The van der Waals surface area contributed by atoms with E-state index in [9.17, 15) is 4.79 Å². The van der Waals surface area contributed by atoms with E-state index in [-0.39, 0.29) is 18.8 Å². The van der Waals surface area contributed by atoms with Gasteiger partial charge in [-0.3, -0.25) is 0 Å². The van der Waals surface area contributed by atoms with Crippen LogP contribution in [0.1, 0.15) is 45.4 Å². The van der Waals surface area contributed by atoms with E-state index in [0.717, 1.165) is 38.5 Å². The largest absolute Gasteiger partial charge is 0.456 e. The van der Waals surface area contributed by atoms with Crippen LogP contribution in [0, 0.1) is 0 Å². The molecule has 0 amide bonds. The highest BCUT2D eigenvalue weighted by Crippen LogP contribution is 2.56. The van der Waals surface area contributed by atoms with Crippen molar-refractivity contribution in [1.29, 1.82) is 0 Å². The minimum absolute atomic E-state index is 0.0333. The standard InChI is InChI=1S/C18H24O7/c1-11(2)15(19)20-10-18-14(24-17(25-18)7-4-8-17)13-12(22-18)9-21-16(23-13)5-3-6-16/h12-14H,1,3-10H2,2H3/t12-,13-,14+,18+/m1/s1. The number of esters is 1. The number of ether oxygens (including phenoxy) is 6. The van der Waals surface area contributed by atoms with Gasteiger partial charge in [0, 0.05) is 31.3 Å². The fourth-order valence-electron chi connectivity index (χ4n) is 4.28. The molecular formula is C18H24O7. The summed E-state index contributed by atoms with van der Waals surface area (Å²) in [6.07, 6.45) is 4.62. The summed E-state index contributed by atoms with van der Waals surface area (Å²) in [6.45, 7) is 5.64. The van der Waals surface area contributed by atoms with Gasteiger partial charge in [-0.15, -0.1) is 0 Å². The Balaban J connectivity index is 1.39. The third-order valence-electron chi connectivity index (χ3n) is 5.99. The van der Waals surface area contributed by atoms with Crippen LogP contribution in [-0.4, -0.2) is 54.9 Å². The minimum atomic E-state index is -1.13. The molecule has 7 nitrogen and oxygen atoms in total. The van der Waals surface area contributed by atoms with Crippen molar-refractivity contribution in [2.45, 2.75) is 81.1 Å². The summed E-state index contributed by atoms with van der Waals surface area (Å²) in [5.41, 5.74) is 0.341. The SMILES string of the molecule is C=C(C)C(=O)OC[C@@]12O[C@@H]3COC4(CCC4)O[C@H]3[C@@H]1OC1(CCC1)O2. The fourth-order valence-corrected chi connectivity index (χ4v) is 4.28. The molecule has 3 heterocycles. The van der Waals surface area contributed by atoms with Crippen molar-refractivity contribution < 1.29 is 33.2 Å². The first kappa shape index (κ1) is 16.2. The number of rotatable bonds is 3. The summed E-state index contributed by atoms with van der Waals surface area (Å²) in [4.78, 5) is 11.9. The molecule has 2 aliphatic carbocycles. The van der Waals surface area contributed by atoms with Crippen LogP contribution in [0.3, 0.4) is 0 Å². The zero-order valence-electron chi connectivity index (χ0n) is 14.5. The topological polar surface area (TPSA) is 72.5 Å². The van der Waals surface area contributed by atoms with Crippen molar-refractivity contribution in [1.82, 2.24) is 0 Å². The lowest BCUT2D eigenvalue weighted by Crippen LogP contribution is -2.57. The summed E-state index contributed by atoms with van der Waals surface area (Å²) in [6, 6.07) is 0. The first-order valence-electron chi connectivity index (χ1n) is 9.15. The second-order valence-electron chi connectivity index (χ2n) is 7.89. The van der Waals surface area contributed by atoms with Gasteiger partial charge in [-0.1, -0.05) is 6.58 Å². The van der Waals surface area contributed by atoms with Gasteiger partial charge in [-0.2, -0.15) is 0 Å². The number of carbonyl (C=O) groups is 1. The molecule has 0 bridgehead atoms. The predicted octanol–water partition coefficient (Wildman–Crippen LogP) is 1.79. The molecule has 0 radical (unpaired) electrons. The first-order valence-corrected chi connectivity index (χ1v) is 9.15. The molecule has 5 rings (SSSR count). The third kappa shape index (κ3) is 2.33. The highest BCUT2D eigenvalue weighted by atomic mass is 16.9. The maximum atomic E-state index is 11.9. The Kier molecular flexibility index (Phi) is 3.41. The van der Waals surface area contributed by atoms with Gasteiger partial charge in [0.2, 0.25) is 5.79 Å². The fraction of sp³-hybridized carbons (Fsp3) is 0.833. The molecule has 0 N–H and O–H groups in total. The highest BCUT2D eigenvalue weighted by Gasteiger charge is 2.71. The maximum absolute atomic E-state index is 11.9. The van der Waals surface area contributed by atoms with Gasteiger partial charge < -0.3 is 28.4 Å². The molecule has 2 spiro atoms. The lowest BCUT2D eigenvalue weighted by molar-refractivity contribution is -0.369. The Hall–Kier alpha value is -0.990. The van der Waals surface area contributed by atoms with Crippen molar-refractivity contribution in [2.75, 3.05) is 13.2 Å². The monoisotopic (exact) mass is 352 g/mol. The van der Waals surface area contributed by atoms with E-state index in [1.807, 2.05) is 0 Å². The number of hydrogen-bond donors (Lipinski definition) is 0. The van der Waals surface area contributed by atoms with E-state index < -0.39 is 29.4 Å². The van der Waals surface area contributed by atoms with E-state index in [1.54, 1.807) is 6.92 Å². The quantitative estimate of drug-likeness (QED) is 0.566. The normalized spacial score (nSPS) is 42.4. The Morgan fingerprint density at radius 3 is 2.44 bits per heavy atom. The van der Waals surface area contributed by atoms with Crippen molar-refractivity contribution in [3.63, 3.8) is 0 Å². The molecule has 0 aromatic carbocycles. The molecule has 5 aliphatic rings. The van der Waals surface area contributed by atoms with Crippen molar-refractivity contribution in [2.24, 2.45) is 0 Å². The Morgan fingerprint density at radius 1 is 1.12 bits per heavy atom. The molecule has 4 atom stereocenters. The molecule has 7 heteroatoms. The Bertz CT molecular complexity index is 609. The molecule has 138 valence electrons. The zero-order chi connectivity index (χ0) is 17.3. The van der Waals surface area contributed by atoms with Crippen LogP contribution in [0.5, 0.6) is 0 Å². The molecule has 3 saturated heterocycles. The zero-order valence-corrected chi connectivity index (χ0v) is 14.5. The van der Waals surface area contributed by atoms with Crippen LogP contribution in [-0.2, 0) is 33.2 Å². The smallest absolute Gasteiger partial charge is 0.333 e. The van der Waals surface area contributed by atoms with Gasteiger partial charge in [0.15, 0.2) is 11.6 Å². The van der Waals surface area contributed by atoms with Gasteiger partial charge in [-0.05, 0) is 19.8 Å². The lowest BCUT2D eigenvalue weighted by atomic mass is 9.89. The van der Waals surface area contributed by atoms with Crippen molar-refractivity contribution in [3.05, 3.63) is 12.2 Å². The molecule has 25 heavy (non-hydrogen) atoms. The molecule has 3 aliphatic heterocycles. The lowest BCUT2D eigenvalue weighted by Gasteiger charge is -2.48. The average Bonchev–Trinajstić information content (AvgIpc) is 3.00. The third-order valence-corrected chi connectivity index (χ3v) is 5.99. The minimum Gasteiger partial charge on any atom is -0.456 e. The average molecular weight is 352 g/mol. The van der Waals surface area contributed by atoms with Crippen molar-refractivity contribution >= 4 is 5.97 Å². The van der Waals surface area contributed by atoms with Crippen LogP contribution < -0.4 is 0 Å². The number of hydrogen-bond acceptors (Lipinski definition) is 7. The molecule has 2 saturated carbocycles. The van der Waals surface area contributed by atoms with Crippen LogP contribution in [0.2, 0.25) is 0 Å². The first-order chi connectivity index (χ1) is 12.0. The summed E-state index contributed by atoms with van der Waals surface area (Å²) in [7, 11) is 0. The van der Waals surface area contributed by atoms with Gasteiger partial charge >= 0.3 is 5.97 Å². The van der Waals surface area contributed by atoms with Gasteiger partial charge in [0.1, 0.15) is 24.9 Å². The highest BCUT2D eigenvalue weighted by molar-refractivity contribution is 5.86. The Labute approximate surface area is 146 Å². The second-order valence-corrected chi connectivity index (χ2v) is 7.89. The van der Waals surface area contributed by atoms with E-state index in [2.05, 4.69) is 6.58 Å². The predicted molar refractivity (Wildman–Crippen MR) is 83.3 cm³/mol. The summed E-state index contributed by atoms with van der Waals surface area (Å²) < 4.78 is 36.3. The van der Waals surface area contributed by atoms with Crippen molar-refractivity contribution in [3.8, 4) is 0 Å². The number of carbonyl (C=O) groups excluding carboxylic acids is 1. The molecule has 0 aromatic heterocycles. The second kappa shape index (κ2) is 5.27. The summed E-state index contributed by atoms with van der Waals surface area (Å²) >= 11 is 0. The van der Waals surface area contributed by atoms with E-state index in [0.29, 0.717) is 12.2 Å². The van der Waals surface area contributed by atoms with E-state index in [1.165, 1.54) is 0 Å². The van der Waals surface area contributed by atoms with E-state index in [4.69, 9.17) is 28.4 Å². The van der Waals surface area contributed by atoms with Gasteiger partial charge in [0.05, 0.1) is 6.61 Å². The summed E-state index contributed by atoms with van der Waals surface area (Å²) in [5.74, 6) is -2.70. The molecule has 0 unspecified atom stereocenters. The van der Waals surface area contributed by atoms with Crippen LogP contribution in [0.4, 0.5) is 0 Å². The molecule has 0 aromatic rings. The Morgan fingerprint density at radius 2 is 1.84 bits per heavy atom. The summed E-state index contributed by atoms with van der Waals surface area (Å²) in [5, 5.41) is 0. The van der Waals surface area contributed by atoms with Crippen LogP contribution >= 0.6 is 0 Å². The van der Waals surface area contributed by atoms with E-state index >= 15 is 0 Å². The number of fused-ring (bicyclic) bond motifs is 3. The molecular weight excluding hydrogens is 328 g/mol.